The number of hydrogen-bond acceptors (Lipinski definition) is 17. The van der Waals surface area contributed by atoms with E-state index < -0.39 is 87.4 Å². The number of carbonyl (C=O) groups is 6. The van der Waals surface area contributed by atoms with Crippen molar-refractivity contribution in [3.8, 4) is 0 Å². The molecule has 0 bridgehead atoms. The van der Waals surface area contributed by atoms with Crippen molar-refractivity contribution in [3.63, 3.8) is 0 Å². The number of carboxylic acids is 1. The number of nitrogens with one attached hydrogen (secondary N) is 4. The van der Waals surface area contributed by atoms with Gasteiger partial charge in [-0.2, -0.15) is 0 Å². The van der Waals surface area contributed by atoms with Crippen molar-refractivity contribution in [2.24, 2.45) is 5.92 Å². The molecule has 23 nitrogen and oxygen atoms in total. The van der Waals surface area contributed by atoms with Crippen LogP contribution >= 0.6 is 7.82 Å². The second-order valence-electron chi connectivity index (χ2n) is 14.3. The van der Waals surface area contributed by atoms with Crippen LogP contribution in [0, 0.1) is 5.92 Å². The van der Waals surface area contributed by atoms with Gasteiger partial charge in [0.2, 0.25) is 17.7 Å². The highest BCUT2D eigenvalue weighted by Gasteiger charge is 2.42. The molecule has 4 amide bonds. The number of fused-ring (bicyclic) bond motifs is 1. The van der Waals surface area contributed by atoms with Crippen LogP contribution in [0.25, 0.3) is 11.2 Å². The second kappa shape index (κ2) is 23.9. The van der Waals surface area contributed by atoms with Gasteiger partial charge in [0.1, 0.15) is 56.1 Å². The summed E-state index contributed by atoms with van der Waals surface area (Å²) in [6.07, 6.45) is 1.16. The summed E-state index contributed by atoms with van der Waals surface area (Å²) >= 11 is 0. The molecular weight excluding hydrogens is 851 g/mol. The van der Waals surface area contributed by atoms with Crippen molar-refractivity contribution in [2.45, 2.75) is 83.5 Å². The number of aliphatic carboxylic acids is 1. The third-order valence-electron chi connectivity index (χ3n) is 8.77. The van der Waals surface area contributed by atoms with Gasteiger partial charge in [0.25, 0.3) is 0 Å². The molecule has 342 valence electrons. The molecule has 1 aliphatic heterocycles. The molecule has 1 unspecified atom stereocenters. The van der Waals surface area contributed by atoms with Gasteiger partial charge in [-0.15, -0.1) is 11.3 Å². The normalized spacial score (nSPS) is 18.3. The molecule has 3 aromatic rings. The van der Waals surface area contributed by atoms with E-state index in [0.29, 0.717) is 0 Å². The molecule has 7 atom stereocenters. The number of carbonyl (C=O) groups excluding carboxylic acids is 5. The first-order valence-corrected chi connectivity index (χ1v) is 21.0. The maximum Gasteiger partial charge on any atom is 0.502 e. The fraction of sp³-hybridized carbons (Fsp3) is 0.462. The fourth-order valence-corrected chi connectivity index (χ4v) is 6.91. The van der Waals surface area contributed by atoms with Gasteiger partial charge in [-0.3, -0.25) is 32.8 Å². The van der Waals surface area contributed by atoms with Crippen molar-refractivity contribution in [2.75, 3.05) is 31.7 Å². The molecule has 0 aliphatic carbocycles. The number of amides is 4. The van der Waals surface area contributed by atoms with E-state index in [2.05, 4.69) is 49.4 Å². The van der Waals surface area contributed by atoms with Crippen LogP contribution < -0.4 is 21.3 Å². The van der Waals surface area contributed by atoms with E-state index in [4.69, 9.17) is 32.8 Å². The quantitative estimate of drug-likeness (QED) is 0.0204. The first-order valence-electron chi connectivity index (χ1n) is 19.5. The average Bonchev–Trinajstić information content (AvgIpc) is 3.85. The number of imidazole rings is 1. The van der Waals surface area contributed by atoms with Crippen molar-refractivity contribution < 1.29 is 71.3 Å². The largest absolute Gasteiger partial charge is 0.502 e. The lowest BCUT2D eigenvalue weighted by Gasteiger charge is -2.25. The maximum atomic E-state index is 14.0. The number of aromatic nitrogens is 4. The summed E-state index contributed by atoms with van der Waals surface area (Å²) in [6, 6.07) is 4.79. The van der Waals surface area contributed by atoms with E-state index >= 15 is 0 Å². The van der Waals surface area contributed by atoms with Crippen LogP contribution in [0.4, 0.5) is 10.6 Å². The second-order valence-corrected chi connectivity index (χ2v) is 15.9. The van der Waals surface area contributed by atoms with Gasteiger partial charge in [-0.1, -0.05) is 62.9 Å². The van der Waals surface area contributed by atoms with E-state index in [-0.39, 0.29) is 61.3 Å². The minimum Gasteiger partial charge on any atom is -0.480 e. The van der Waals surface area contributed by atoms with Crippen molar-refractivity contribution in [1.29, 1.82) is 0 Å². The Bertz CT molecular complexity index is 2140. The van der Waals surface area contributed by atoms with Crippen LogP contribution in [0.3, 0.4) is 0 Å². The number of benzene rings is 1. The summed E-state index contributed by atoms with van der Waals surface area (Å²) < 4.78 is 48.2. The Morgan fingerprint density at radius 3 is 2.37 bits per heavy atom. The zero-order valence-corrected chi connectivity index (χ0v) is 35.9. The first kappa shape index (κ1) is 49.6. The molecule has 5 N–H and O–H groups in total. The van der Waals surface area contributed by atoms with Crippen LogP contribution in [0.5, 0.6) is 0 Å². The summed E-state index contributed by atoms with van der Waals surface area (Å²) in [6.45, 7) is 10.8. The Hall–Kier alpha value is -6.10. The SMILES string of the molecule is C=CCOOP(=O)(OC[C@H](NC(=O)OCC=C)C(=O)N[C@@H](C)C(=O)N[C@@H](CC(C)C)C(=O)O)OC[C@H]1O[C@@H](n2cnc3c(NC(=O)Cc4ccccc4)ncnc32)C[C@@H]1OC(C)=O. The van der Waals surface area contributed by atoms with Gasteiger partial charge in [0.15, 0.2) is 17.0 Å². The number of anilines is 1. The van der Waals surface area contributed by atoms with Crippen molar-refractivity contribution >= 4 is 60.6 Å². The lowest BCUT2D eigenvalue weighted by molar-refractivity contribution is -0.219. The van der Waals surface area contributed by atoms with Crippen LogP contribution in [0.15, 0.2) is 68.3 Å². The highest BCUT2D eigenvalue weighted by molar-refractivity contribution is 7.48. The van der Waals surface area contributed by atoms with Crippen LogP contribution in [-0.4, -0.2) is 117 Å². The molecule has 1 saturated heterocycles. The van der Waals surface area contributed by atoms with Gasteiger partial charge in [0, 0.05) is 13.3 Å². The van der Waals surface area contributed by atoms with Gasteiger partial charge in [-0.25, -0.2) is 34.0 Å². The Balaban J connectivity index is 1.49. The molecule has 4 rings (SSSR count). The molecule has 0 saturated carbocycles. The topological polar surface area (TPSA) is 296 Å². The number of phosphoric acid groups is 1. The van der Waals surface area contributed by atoms with Crippen LogP contribution in [0.2, 0.25) is 0 Å². The number of phosphoric ester groups is 1. The van der Waals surface area contributed by atoms with E-state index in [0.717, 1.165) is 5.56 Å². The first-order chi connectivity index (χ1) is 30.0. The number of hydrogen-bond donors (Lipinski definition) is 5. The molecule has 1 aromatic carbocycles. The minimum absolute atomic E-state index is 0.0210. The number of esters is 1. The lowest BCUT2D eigenvalue weighted by Crippen LogP contribution is -2.56. The van der Waals surface area contributed by atoms with Gasteiger partial charge in [-0.05, 0) is 24.8 Å². The number of ether oxygens (including phenoxy) is 3. The van der Waals surface area contributed by atoms with Crippen LogP contribution in [0.1, 0.15) is 52.3 Å². The maximum absolute atomic E-state index is 14.0. The van der Waals surface area contributed by atoms with Gasteiger partial charge < -0.3 is 40.6 Å². The standard InChI is InChI=1S/C39H51N8O15P/c1-7-14-56-39(54)45-28(37(51)43-24(5)36(50)44-27(38(52)53)16-23(3)4)19-58-63(55,62-57-15-8-2)59-20-30-29(60-25(6)48)18-32(61-30)47-22-42-33-34(40-21-41-35(33)47)46-31(49)17-26-12-10-9-11-13-26/h7-13,21-24,27-30,32H,1-2,14-20H2,3-6H3,(H,43,51)(H,44,50)(H,45,54)(H,52,53)(H,40,41,46,49)/t24-,27-,28-,29-,30+,32+,63?/m0/s1. The van der Waals surface area contributed by atoms with E-state index in [1.54, 1.807) is 13.8 Å². The minimum atomic E-state index is -4.89. The Morgan fingerprint density at radius 1 is 0.968 bits per heavy atom. The molecule has 2 aromatic heterocycles. The van der Waals surface area contributed by atoms with Gasteiger partial charge >= 0.3 is 25.9 Å². The van der Waals surface area contributed by atoms with E-state index in [1.807, 2.05) is 30.3 Å². The molecule has 1 fully saturated rings. The number of nitrogens with zero attached hydrogens (tertiary/aromatic N) is 4. The highest BCUT2D eigenvalue weighted by atomic mass is 31.2. The predicted molar refractivity (Wildman–Crippen MR) is 220 cm³/mol. The Kier molecular flexibility index (Phi) is 18.8. The number of rotatable bonds is 25. The van der Waals surface area contributed by atoms with Gasteiger partial charge in [0.05, 0.1) is 26.0 Å². The predicted octanol–water partition coefficient (Wildman–Crippen LogP) is 2.90. The average molecular weight is 903 g/mol. The highest BCUT2D eigenvalue weighted by Crippen LogP contribution is 2.50. The summed E-state index contributed by atoms with van der Waals surface area (Å²) in [5.74, 6) is -4.13. The third kappa shape index (κ3) is 15.3. The zero-order chi connectivity index (χ0) is 46.1. The lowest BCUT2D eigenvalue weighted by atomic mass is 10.0. The molecule has 24 heteroatoms. The van der Waals surface area contributed by atoms with E-state index in [1.165, 1.54) is 43.2 Å². The molecule has 0 radical (unpaired) electrons. The monoisotopic (exact) mass is 902 g/mol. The summed E-state index contributed by atoms with van der Waals surface area (Å²) in [5, 5.41) is 19.2. The van der Waals surface area contributed by atoms with Crippen molar-refractivity contribution in [3.05, 3.63) is 73.9 Å². The molecule has 0 spiro atoms. The molecule has 1 aliphatic rings. The summed E-state index contributed by atoms with van der Waals surface area (Å²) in [5.41, 5.74) is 1.29. The molecule has 63 heavy (non-hydrogen) atoms. The zero-order valence-electron chi connectivity index (χ0n) is 35.0. The Morgan fingerprint density at radius 2 is 1.70 bits per heavy atom. The van der Waals surface area contributed by atoms with Crippen molar-refractivity contribution in [1.82, 2.24) is 35.5 Å². The molecule has 3 heterocycles. The smallest absolute Gasteiger partial charge is 0.480 e. The number of carboxylic acid groups (broad SMARTS) is 1. The third-order valence-corrected chi connectivity index (χ3v) is 9.99. The number of alkyl carbamates (subject to hydrolysis) is 1. The summed E-state index contributed by atoms with van der Waals surface area (Å²) in [4.78, 5) is 93.4. The molecular formula is C39H51N8O15P. The Labute approximate surface area is 361 Å². The van der Waals surface area contributed by atoms with Crippen LogP contribution in [-0.2, 0) is 67.8 Å². The summed E-state index contributed by atoms with van der Waals surface area (Å²) in [7, 11) is -4.89. The fourth-order valence-electron chi connectivity index (χ4n) is 5.89. The van der Waals surface area contributed by atoms with E-state index in [9.17, 15) is 38.4 Å².